The highest BCUT2D eigenvalue weighted by Crippen LogP contribution is 2.32. The van der Waals surface area contributed by atoms with Gasteiger partial charge < -0.3 is 0 Å². The topological polar surface area (TPSA) is 37.8 Å². The van der Waals surface area contributed by atoms with Crippen molar-refractivity contribution in [1.29, 1.82) is 0 Å². The van der Waals surface area contributed by atoms with Crippen molar-refractivity contribution < 1.29 is 0 Å². The van der Waals surface area contributed by atoms with Crippen LogP contribution in [0.15, 0.2) is 12.4 Å². The van der Waals surface area contributed by atoms with Crippen LogP contribution >= 0.6 is 11.9 Å². The van der Waals surface area contributed by atoms with Gasteiger partial charge in [0, 0.05) is 17.9 Å². The predicted molar refractivity (Wildman–Crippen MR) is 86.5 cm³/mol. The minimum Gasteiger partial charge on any atom is -0.259 e. The summed E-state index contributed by atoms with van der Waals surface area (Å²) in [7, 11) is 0. The molecular formula is C15H29N3S. The molecule has 110 valence electrons. The Labute approximate surface area is 123 Å². The van der Waals surface area contributed by atoms with Crippen molar-refractivity contribution in [2.45, 2.75) is 65.8 Å². The highest BCUT2D eigenvalue weighted by atomic mass is 32.2. The average Bonchev–Trinajstić information content (AvgIpc) is 2.30. The number of nitrogens with one attached hydrogen (secondary N) is 1. The highest BCUT2D eigenvalue weighted by molar-refractivity contribution is 7.96. The fourth-order valence-electron chi connectivity index (χ4n) is 2.26. The Morgan fingerprint density at radius 2 is 1.58 bits per heavy atom. The average molecular weight is 283 g/mol. The van der Waals surface area contributed by atoms with Gasteiger partial charge in [-0.2, -0.15) is 0 Å². The summed E-state index contributed by atoms with van der Waals surface area (Å²) in [5.74, 6) is 0.825. The van der Waals surface area contributed by atoms with Crippen molar-refractivity contribution in [1.82, 2.24) is 14.7 Å². The van der Waals surface area contributed by atoms with E-state index in [1.54, 1.807) is 11.9 Å². The second kappa shape index (κ2) is 7.85. The monoisotopic (exact) mass is 283 g/mol. The van der Waals surface area contributed by atoms with Gasteiger partial charge in [0.1, 0.15) is 5.82 Å². The zero-order chi connectivity index (χ0) is 15.1. The van der Waals surface area contributed by atoms with Gasteiger partial charge in [-0.25, -0.2) is 9.97 Å². The number of nitrogens with zero attached hydrogens (tertiary/aromatic N) is 2. The molecule has 0 aliphatic heterocycles. The van der Waals surface area contributed by atoms with E-state index in [0.717, 1.165) is 12.2 Å². The predicted octanol–water partition coefficient (Wildman–Crippen LogP) is 4.13. The second-order valence-electron chi connectivity index (χ2n) is 5.77. The molecule has 0 fully saturated rings. The van der Waals surface area contributed by atoms with Crippen LogP contribution in [-0.2, 0) is 5.41 Å². The third kappa shape index (κ3) is 6.39. The number of rotatable bonds is 5. The molecule has 1 aromatic heterocycles. The van der Waals surface area contributed by atoms with Crippen LogP contribution < -0.4 is 4.72 Å². The lowest BCUT2D eigenvalue weighted by Gasteiger charge is -2.35. The van der Waals surface area contributed by atoms with Crippen LogP contribution in [0.4, 0.5) is 0 Å². The first-order valence-corrected chi connectivity index (χ1v) is 8.09. The van der Waals surface area contributed by atoms with Crippen LogP contribution in [-0.4, -0.2) is 21.8 Å². The van der Waals surface area contributed by atoms with E-state index in [4.69, 9.17) is 0 Å². The van der Waals surface area contributed by atoms with E-state index in [9.17, 15) is 0 Å². The zero-order valence-electron chi connectivity index (χ0n) is 13.7. The maximum Gasteiger partial charge on any atom is 0.125 e. The van der Waals surface area contributed by atoms with E-state index in [1.165, 1.54) is 5.56 Å². The molecule has 0 saturated heterocycles. The van der Waals surface area contributed by atoms with Gasteiger partial charge in [-0.15, -0.1) is 0 Å². The fraction of sp³-hybridized carbons (Fsp3) is 0.733. The molecule has 1 N–H and O–H groups in total. The molecule has 0 aliphatic rings. The smallest absolute Gasteiger partial charge is 0.125 e. The van der Waals surface area contributed by atoms with Crippen LogP contribution in [0.2, 0.25) is 0 Å². The van der Waals surface area contributed by atoms with E-state index in [1.807, 2.05) is 33.2 Å². The normalized spacial score (nSPS) is 11.8. The Balaban J connectivity index is 0.00000154. The molecule has 0 unspecified atom stereocenters. The number of aryl methyl sites for hydroxylation is 1. The molecule has 4 heteroatoms. The SMILES string of the molecule is CC.CSNC(C)(C)CC(C)(C)c1cnc(C)nc1. The summed E-state index contributed by atoms with van der Waals surface area (Å²) >= 11 is 1.67. The largest absolute Gasteiger partial charge is 0.259 e. The van der Waals surface area contributed by atoms with Crippen LogP contribution in [0.1, 0.15) is 59.4 Å². The molecule has 0 bridgehead atoms. The first-order valence-electron chi connectivity index (χ1n) is 6.86. The summed E-state index contributed by atoms with van der Waals surface area (Å²) < 4.78 is 3.43. The molecule has 0 aliphatic carbocycles. The zero-order valence-corrected chi connectivity index (χ0v) is 14.5. The summed E-state index contributed by atoms with van der Waals surface area (Å²) in [4.78, 5) is 8.57. The molecule has 1 heterocycles. The van der Waals surface area contributed by atoms with Crippen LogP contribution in [0, 0.1) is 6.92 Å². The fourth-order valence-corrected chi connectivity index (χ4v) is 2.89. The molecule has 0 amide bonds. The molecule has 0 radical (unpaired) electrons. The molecule has 0 aromatic carbocycles. The Bertz CT molecular complexity index is 358. The molecular weight excluding hydrogens is 254 g/mol. The summed E-state index contributed by atoms with van der Waals surface area (Å²) in [6.07, 6.45) is 6.98. The van der Waals surface area contributed by atoms with Gasteiger partial charge in [0.15, 0.2) is 0 Å². The molecule has 3 nitrogen and oxygen atoms in total. The minimum absolute atomic E-state index is 0.0694. The number of hydrogen-bond acceptors (Lipinski definition) is 4. The van der Waals surface area contributed by atoms with E-state index in [-0.39, 0.29) is 11.0 Å². The maximum atomic E-state index is 4.28. The van der Waals surface area contributed by atoms with Crippen LogP contribution in [0.25, 0.3) is 0 Å². The third-order valence-electron chi connectivity index (χ3n) is 2.82. The van der Waals surface area contributed by atoms with Gasteiger partial charge in [-0.05, 0) is 44.4 Å². The van der Waals surface area contributed by atoms with Gasteiger partial charge in [0.25, 0.3) is 0 Å². The molecule has 1 aromatic rings. The van der Waals surface area contributed by atoms with Crippen molar-refractivity contribution >= 4 is 11.9 Å². The number of hydrogen-bond donors (Lipinski definition) is 1. The summed E-state index contributed by atoms with van der Waals surface area (Å²) in [5, 5.41) is 0. The Kier molecular flexibility index (Phi) is 7.60. The molecule has 0 atom stereocenters. The third-order valence-corrected chi connectivity index (χ3v) is 3.58. The van der Waals surface area contributed by atoms with E-state index >= 15 is 0 Å². The van der Waals surface area contributed by atoms with E-state index in [2.05, 4.69) is 48.6 Å². The Hall–Kier alpha value is -0.610. The van der Waals surface area contributed by atoms with Gasteiger partial charge in [0.05, 0.1) is 0 Å². The lowest BCUT2D eigenvalue weighted by molar-refractivity contribution is 0.331. The van der Waals surface area contributed by atoms with E-state index in [0.29, 0.717) is 0 Å². The molecule has 0 spiro atoms. The Morgan fingerprint density at radius 1 is 1.11 bits per heavy atom. The first kappa shape index (κ1) is 18.4. The van der Waals surface area contributed by atoms with Crippen molar-refractivity contribution in [2.24, 2.45) is 0 Å². The van der Waals surface area contributed by atoms with Crippen LogP contribution in [0.5, 0.6) is 0 Å². The number of aromatic nitrogens is 2. The van der Waals surface area contributed by atoms with Crippen molar-refractivity contribution in [2.75, 3.05) is 6.26 Å². The van der Waals surface area contributed by atoms with Gasteiger partial charge in [-0.1, -0.05) is 39.6 Å². The lowest BCUT2D eigenvalue weighted by atomic mass is 9.76. The summed E-state index contributed by atoms with van der Waals surface area (Å²) in [6.45, 7) is 14.8. The van der Waals surface area contributed by atoms with Crippen molar-refractivity contribution in [3.05, 3.63) is 23.8 Å². The maximum absolute atomic E-state index is 4.28. The quantitative estimate of drug-likeness (QED) is 0.825. The Morgan fingerprint density at radius 3 is 2.00 bits per heavy atom. The lowest BCUT2D eigenvalue weighted by Crippen LogP contribution is -2.40. The van der Waals surface area contributed by atoms with Crippen molar-refractivity contribution in [3.8, 4) is 0 Å². The minimum atomic E-state index is 0.0694. The van der Waals surface area contributed by atoms with Gasteiger partial charge in [-0.3, -0.25) is 4.72 Å². The molecule has 0 saturated carbocycles. The van der Waals surface area contributed by atoms with E-state index < -0.39 is 0 Å². The standard InChI is InChI=1S/C13H23N3S.C2H6/c1-10-14-7-11(8-15-10)12(2,3)9-13(4,5)16-17-6;1-2/h7-8,16H,9H2,1-6H3;1-2H3. The summed E-state index contributed by atoms with van der Waals surface area (Å²) in [5.41, 5.74) is 1.35. The van der Waals surface area contributed by atoms with Gasteiger partial charge in [0.2, 0.25) is 0 Å². The van der Waals surface area contributed by atoms with Crippen molar-refractivity contribution in [3.63, 3.8) is 0 Å². The van der Waals surface area contributed by atoms with Crippen LogP contribution in [0.3, 0.4) is 0 Å². The molecule has 19 heavy (non-hydrogen) atoms. The second-order valence-corrected chi connectivity index (χ2v) is 6.38. The van der Waals surface area contributed by atoms with Gasteiger partial charge >= 0.3 is 0 Å². The molecule has 1 rings (SSSR count). The highest BCUT2D eigenvalue weighted by Gasteiger charge is 2.30. The first-order chi connectivity index (χ1) is 8.77. The summed E-state index contributed by atoms with van der Waals surface area (Å²) in [6, 6.07) is 0.